The van der Waals surface area contributed by atoms with Gasteiger partial charge in [0, 0.05) is 53.2 Å². The van der Waals surface area contributed by atoms with Crippen molar-refractivity contribution in [3.63, 3.8) is 0 Å². The monoisotopic (exact) mass is 844 g/mol. The average Bonchev–Trinajstić information content (AvgIpc) is 3.98. The highest BCUT2D eigenvalue weighted by atomic mass is 32.1. The molecule has 0 atom stereocenters. The van der Waals surface area contributed by atoms with Crippen LogP contribution in [0.4, 0.5) is 0 Å². The van der Waals surface area contributed by atoms with Crippen molar-refractivity contribution >= 4 is 82.3 Å². The van der Waals surface area contributed by atoms with Crippen LogP contribution in [0.1, 0.15) is 6.85 Å². The standard InChI is InChI=1S/C57H37N3OSSi/c1-5-18-38(19-6-1)44-36-37-48(53-45-26-13-15-29-49(45)61-54(44)53)57-59-55(58-56(60-57)47-28-17-31-51-52(47)46-27-14-16-30-50(46)62-51)39-32-34-43(35-33-39)63(40-20-7-2-8-21-40,41-22-9-3-10-23-41)42-24-11-4-12-25-42/h1-37H/i1D,5D,6D,18D,19D. The Morgan fingerprint density at radius 1 is 0.397 bits per heavy atom. The van der Waals surface area contributed by atoms with E-state index >= 15 is 0 Å². The summed E-state index contributed by atoms with van der Waals surface area (Å²) in [5.41, 5.74) is 3.70. The maximum atomic E-state index is 8.91. The maximum absolute atomic E-state index is 8.91. The van der Waals surface area contributed by atoms with Crippen LogP contribution in [0.15, 0.2) is 229 Å². The van der Waals surface area contributed by atoms with Gasteiger partial charge in [-0.15, -0.1) is 11.3 Å². The van der Waals surface area contributed by atoms with Gasteiger partial charge in [0.15, 0.2) is 25.5 Å². The molecule has 12 rings (SSSR count). The van der Waals surface area contributed by atoms with E-state index in [2.05, 4.69) is 152 Å². The molecule has 0 bridgehead atoms. The highest BCUT2D eigenvalue weighted by Crippen LogP contribution is 2.43. The Morgan fingerprint density at radius 2 is 0.921 bits per heavy atom. The molecule has 0 saturated carbocycles. The minimum Gasteiger partial charge on any atom is -0.455 e. The summed E-state index contributed by atoms with van der Waals surface area (Å²) in [5, 5.41) is 8.64. The Labute approximate surface area is 376 Å². The summed E-state index contributed by atoms with van der Waals surface area (Å²) in [5.74, 6) is 1.38. The van der Waals surface area contributed by atoms with Crippen LogP contribution in [0.2, 0.25) is 0 Å². The number of aromatic nitrogens is 3. The molecular weight excluding hydrogens is 803 g/mol. The molecule has 3 aromatic heterocycles. The first-order chi connectivity index (χ1) is 33.3. The molecule has 9 aromatic carbocycles. The van der Waals surface area contributed by atoms with Crippen molar-refractivity contribution in [1.29, 1.82) is 0 Å². The molecule has 0 spiro atoms. The highest BCUT2D eigenvalue weighted by Gasteiger charge is 2.41. The fourth-order valence-electron chi connectivity index (χ4n) is 9.24. The normalized spacial score (nSPS) is 12.9. The Hall–Kier alpha value is -7.77. The van der Waals surface area contributed by atoms with Gasteiger partial charge in [0.05, 0.1) is 6.85 Å². The molecule has 0 saturated heterocycles. The van der Waals surface area contributed by atoms with Crippen LogP contribution in [0.3, 0.4) is 0 Å². The summed E-state index contributed by atoms with van der Waals surface area (Å²) in [4.78, 5) is 15.9. The minimum atomic E-state index is -2.82. The van der Waals surface area contributed by atoms with Crippen molar-refractivity contribution in [2.75, 3.05) is 0 Å². The first-order valence-corrected chi connectivity index (χ1v) is 23.6. The number of furan rings is 1. The number of hydrogen-bond donors (Lipinski definition) is 0. The van der Waals surface area contributed by atoms with E-state index in [0.29, 0.717) is 45.2 Å². The summed E-state index contributed by atoms with van der Waals surface area (Å²) in [6, 6.07) is 65.2. The summed E-state index contributed by atoms with van der Waals surface area (Å²) >= 11 is 1.73. The Bertz CT molecular complexity index is 3800. The number of hydrogen-bond acceptors (Lipinski definition) is 5. The molecule has 0 aliphatic carbocycles. The molecule has 63 heavy (non-hydrogen) atoms. The molecule has 296 valence electrons. The topological polar surface area (TPSA) is 51.8 Å². The predicted molar refractivity (Wildman–Crippen MR) is 265 cm³/mol. The highest BCUT2D eigenvalue weighted by molar-refractivity contribution is 7.26. The van der Waals surface area contributed by atoms with Crippen LogP contribution in [0.25, 0.3) is 87.4 Å². The van der Waals surface area contributed by atoms with E-state index in [1.807, 2.05) is 36.4 Å². The molecule has 4 nitrogen and oxygen atoms in total. The molecule has 0 radical (unpaired) electrons. The van der Waals surface area contributed by atoms with Crippen LogP contribution >= 0.6 is 11.3 Å². The van der Waals surface area contributed by atoms with E-state index < -0.39 is 26.2 Å². The zero-order valence-electron chi connectivity index (χ0n) is 38.6. The average molecular weight is 845 g/mol. The molecule has 0 aliphatic heterocycles. The number of rotatable bonds is 8. The van der Waals surface area contributed by atoms with E-state index in [0.717, 1.165) is 36.7 Å². The van der Waals surface area contributed by atoms with Gasteiger partial charge in [-0.05, 0) is 56.6 Å². The maximum Gasteiger partial charge on any atom is 0.179 e. The van der Waals surface area contributed by atoms with Gasteiger partial charge in [-0.25, -0.2) is 15.0 Å². The molecule has 12 aromatic rings. The predicted octanol–water partition coefficient (Wildman–Crippen LogP) is 12.2. The van der Waals surface area contributed by atoms with Gasteiger partial charge in [-0.1, -0.05) is 194 Å². The lowest BCUT2D eigenvalue weighted by Crippen LogP contribution is -2.74. The molecule has 0 aliphatic rings. The lowest BCUT2D eigenvalue weighted by atomic mass is 9.98. The van der Waals surface area contributed by atoms with E-state index in [9.17, 15) is 0 Å². The molecule has 0 N–H and O–H groups in total. The molecule has 0 amide bonds. The third-order valence-corrected chi connectivity index (χ3v) is 17.9. The van der Waals surface area contributed by atoms with Crippen LogP contribution in [0.5, 0.6) is 0 Å². The molecule has 6 heteroatoms. The second-order valence-corrected chi connectivity index (χ2v) is 20.4. The Morgan fingerprint density at radius 3 is 1.59 bits per heavy atom. The smallest absolute Gasteiger partial charge is 0.179 e. The van der Waals surface area contributed by atoms with Crippen molar-refractivity contribution in [2.24, 2.45) is 0 Å². The summed E-state index contributed by atoms with van der Waals surface area (Å²) in [7, 11) is -2.82. The van der Waals surface area contributed by atoms with E-state index in [1.165, 1.54) is 20.7 Å². The first kappa shape index (κ1) is 32.0. The summed E-state index contributed by atoms with van der Waals surface area (Å²) in [6.45, 7) is 0. The van der Waals surface area contributed by atoms with E-state index in [4.69, 9.17) is 26.2 Å². The lowest BCUT2D eigenvalue weighted by Gasteiger charge is -2.34. The molecular formula is C57H37N3OSSi. The Kier molecular flexibility index (Phi) is 7.77. The third kappa shape index (κ3) is 6.14. The van der Waals surface area contributed by atoms with Gasteiger partial charge in [0.25, 0.3) is 0 Å². The van der Waals surface area contributed by atoms with Crippen molar-refractivity contribution < 1.29 is 11.3 Å². The van der Waals surface area contributed by atoms with Crippen molar-refractivity contribution in [3.8, 4) is 45.3 Å². The third-order valence-electron chi connectivity index (χ3n) is 12.0. The van der Waals surface area contributed by atoms with Crippen LogP contribution in [-0.2, 0) is 0 Å². The van der Waals surface area contributed by atoms with Crippen LogP contribution in [-0.4, -0.2) is 23.0 Å². The lowest BCUT2D eigenvalue weighted by molar-refractivity contribution is 0.670. The SMILES string of the molecule is [2H]c1c([2H])c([2H])c(-c2ccc(-c3nc(-c4ccc([Si](c5ccccc5)(c5ccccc5)c5ccccc5)cc4)nc(-c4cccc5sc6ccccc6c45)n3)c3c2oc2ccccc23)c([2H])c1[2H]. The van der Waals surface area contributed by atoms with Gasteiger partial charge < -0.3 is 4.42 Å². The zero-order chi connectivity index (χ0) is 46.1. The van der Waals surface area contributed by atoms with Gasteiger partial charge in [0.1, 0.15) is 11.2 Å². The largest absolute Gasteiger partial charge is 0.455 e. The van der Waals surface area contributed by atoms with Crippen LogP contribution < -0.4 is 20.7 Å². The van der Waals surface area contributed by atoms with Crippen molar-refractivity contribution in [1.82, 2.24) is 15.0 Å². The first-order valence-electron chi connectivity index (χ1n) is 23.3. The second-order valence-electron chi connectivity index (χ2n) is 15.5. The molecule has 0 fully saturated rings. The summed E-state index contributed by atoms with van der Waals surface area (Å²) < 4.78 is 52.0. The van der Waals surface area contributed by atoms with E-state index in [1.54, 1.807) is 17.4 Å². The number of benzene rings is 9. The number of para-hydroxylation sites is 1. The minimum absolute atomic E-state index is 0.0564. The fraction of sp³-hybridized carbons (Fsp3) is 0. The number of fused-ring (bicyclic) bond motifs is 6. The zero-order valence-corrected chi connectivity index (χ0v) is 35.4. The van der Waals surface area contributed by atoms with E-state index in [-0.39, 0.29) is 17.6 Å². The van der Waals surface area contributed by atoms with Crippen LogP contribution in [0, 0.1) is 0 Å². The van der Waals surface area contributed by atoms with Crippen molar-refractivity contribution in [3.05, 3.63) is 224 Å². The van der Waals surface area contributed by atoms with Gasteiger partial charge in [-0.2, -0.15) is 0 Å². The number of thiophene rings is 1. The second kappa shape index (κ2) is 15.3. The quantitative estimate of drug-likeness (QED) is 0.113. The molecule has 0 unspecified atom stereocenters. The van der Waals surface area contributed by atoms with Gasteiger partial charge in [-0.3, -0.25) is 0 Å². The van der Waals surface area contributed by atoms with Crippen molar-refractivity contribution in [2.45, 2.75) is 0 Å². The molecule has 3 heterocycles. The van der Waals surface area contributed by atoms with Gasteiger partial charge >= 0.3 is 0 Å². The number of nitrogens with zero attached hydrogens (tertiary/aromatic N) is 3. The Balaban J connectivity index is 1.11. The fourth-order valence-corrected chi connectivity index (χ4v) is 15.1. The van der Waals surface area contributed by atoms with Gasteiger partial charge in [0.2, 0.25) is 0 Å². The summed E-state index contributed by atoms with van der Waals surface area (Å²) in [6.07, 6.45) is 0.